The van der Waals surface area contributed by atoms with Crippen LogP contribution in [-0.4, -0.2) is 10.9 Å². The monoisotopic (exact) mass is 167 g/mol. The van der Waals surface area contributed by atoms with Crippen molar-refractivity contribution in [3.8, 4) is 0 Å². The van der Waals surface area contributed by atoms with Crippen LogP contribution >= 0.6 is 0 Å². The highest BCUT2D eigenvalue weighted by molar-refractivity contribution is 5.85. The van der Waals surface area contributed by atoms with Crippen LogP contribution in [0.15, 0.2) is 5.16 Å². The standard InChI is InChI=1S/C10H17NO/c1-7-2-8-4-9(3-7)6-10(5-8)11-12/h7-9,12H,2-6H2,1H3/t7?,8-,9+. The highest BCUT2D eigenvalue weighted by atomic mass is 16.4. The predicted molar refractivity (Wildman–Crippen MR) is 48.5 cm³/mol. The first kappa shape index (κ1) is 8.09. The molecule has 2 heteroatoms. The van der Waals surface area contributed by atoms with Crippen molar-refractivity contribution < 1.29 is 5.21 Å². The number of nitrogens with zero attached hydrogens (tertiary/aromatic N) is 1. The van der Waals surface area contributed by atoms with Gasteiger partial charge in [-0.1, -0.05) is 12.1 Å². The van der Waals surface area contributed by atoms with Crippen molar-refractivity contribution in [2.75, 3.05) is 0 Å². The molecule has 0 aliphatic heterocycles. The van der Waals surface area contributed by atoms with E-state index < -0.39 is 0 Å². The highest BCUT2D eigenvalue weighted by Crippen LogP contribution is 2.41. The molecule has 2 aliphatic rings. The van der Waals surface area contributed by atoms with Gasteiger partial charge in [-0.05, 0) is 49.9 Å². The second-order valence-electron chi connectivity index (χ2n) is 4.62. The second-order valence-corrected chi connectivity index (χ2v) is 4.62. The molecular weight excluding hydrogens is 150 g/mol. The number of hydrogen-bond acceptors (Lipinski definition) is 2. The molecular formula is C10H17NO. The third-order valence-electron chi connectivity index (χ3n) is 3.33. The minimum Gasteiger partial charge on any atom is -0.411 e. The van der Waals surface area contributed by atoms with E-state index in [9.17, 15) is 0 Å². The molecule has 2 bridgehead atoms. The van der Waals surface area contributed by atoms with Crippen molar-refractivity contribution in [3.05, 3.63) is 0 Å². The smallest absolute Gasteiger partial charge is 0.0576 e. The lowest BCUT2D eigenvalue weighted by molar-refractivity contribution is 0.192. The fourth-order valence-electron chi connectivity index (χ4n) is 3.06. The maximum Gasteiger partial charge on any atom is 0.0576 e. The van der Waals surface area contributed by atoms with Gasteiger partial charge in [0, 0.05) is 0 Å². The third-order valence-corrected chi connectivity index (χ3v) is 3.33. The lowest BCUT2D eigenvalue weighted by Crippen LogP contribution is -2.30. The first-order valence-corrected chi connectivity index (χ1v) is 4.97. The summed E-state index contributed by atoms with van der Waals surface area (Å²) in [6.45, 7) is 2.35. The molecule has 2 fully saturated rings. The average molecular weight is 167 g/mol. The Labute approximate surface area is 73.7 Å². The van der Waals surface area contributed by atoms with Gasteiger partial charge in [0.05, 0.1) is 5.71 Å². The van der Waals surface area contributed by atoms with Gasteiger partial charge in [0.1, 0.15) is 0 Å². The second kappa shape index (κ2) is 3.08. The Morgan fingerprint density at radius 1 is 1.17 bits per heavy atom. The van der Waals surface area contributed by atoms with Crippen LogP contribution in [0, 0.1) is 17.8 Å². The van der Waals surface area contributed by atoms with Crippen molar-refractivity contribution >= 4 is 5.71 Å². The summed E-state index contributed by atoms with van der Waals surface area (Å²) in [7, 11) is 0. The predicted octanol–water partition coefficient (Wildman–Crippen LogP) is 2.66. The van der Waals surface area contributed by atoms with Crippen LogP contribution in [0.1, 0.15) is 39.0 Å². The fourth-order valence-corrected chi connectivity index (χ4v) is 3.06. The molecule has 3 atom stereocenters. The zero-order valence-electron chi connectivity index (χ0n) is 7.66. The van der Waals surface area contributed by atoms with Crippen LogP contribution in [0.3, 0.4) is 0 Å². The minimum absolute atomic E-state index is 0.818. The van der Waals surface area contributed by atoms with Gasteiger partial charge >= 0.3 is 0 Å². The largest absolute Gasteiger partial charge is 0.411 e. The first-order chi connectivity index (χ1) is 5.78. The molecule has 2 nitrogen and oxygen atoms in total. The van der Waals surface area contributed by atoms with Gasteiger partial charge in [0.25, 0.3) is 0 Å². The van der Waals surface area contributed by atoms with Gasteiger partial charge in [-0.3, -0.25) is 0 Å². The van der Waals surface area contributed by atoms with E-state index in [1.807, 2.05) is 0 Å². The van der Waals surface area contributed by atoms with E-state index in [0.29, 0.717) is 0 Å². The highest BCUT2D eigenvalue weighted by Gasteiger charge is 2.32. The molecule has 0 aromatic rings. The minimum atomic E-state index is 0.818. The Hall–Kier alpha value is -0.530. The zero-order valence-corrected chi connectivity index (χ0v) is 7.66. The van der Waals surface area contributed by atoms with Crippen molar-refractivity contribution in [1.29, 1.82) is 0 Å². The molecule has 0 saturated heterocycles. The number of oxime groups is 1. The molecule has 0 radical (unpaired) electrons. The van der Waals surface area contributed by atoms with Crippen molar-refractivity contribution in [1.82, 2.24) is 0 Å². The molecule has 68 valence electrons. The summed E-state index contributed by atoms with van der Waals surface area (Å²) in [6.07, 6.45) is 6.17. The van der Waals surface area contributed by atoms with Gasteiger partial charge < -0.3 is 5.21 Å². The van der Waals surface area contributed by atoms with E-state index in [-0.39, 0.29) is 0 Å². The Kier molecular flexibility index (Phi) is 2.07. The van der Waals surface area contributed by atoms with E-state index in [2.05, 4.69) is 12.1 Å². The lowest BCUT2D eigenvalue weighted by atomic mass is 9.68. The number of hydrogen-bond donors (Lipinski definition) is 1. The number of rotatable bonds is 0. The van der Waals surface area contributed by atoms with Gasteiger partial charge in [-0.2, -0.15) is 0 Å². The van der Waals surface area contributed by atoms with E-state index in [0.717, 1.165) is 36.3 Å². The molecule has 0 spiro atoms. The normalized spacial score (nSPS) is 44.8. The van der Waals surface area contributed by atoms with Crippen LogP contribution < -0.4 is 0 Å². The molecule has 0 aromatic carbocycles. The molecule has 1 N–H and O–H groups in total. The van der Waals surface area contributed by atoms with Gasteiger partial charge in [0.2, 0.25) is 0 Å². The van der Waals surface area contributed by atoms with Crippen LogP contribution in [-0.2, 0) is 0 Å². The summed E-state index contributed by atoms with van der Waals surface area (Å²) >= 11 is 0. The SMILES string of the molecule is CC1C[C@H]2CC(=NO)C[C@@H](C1)C2. The van der Waals surface area contributed by atoms with E-state index in [1.165, 1.54) is 19.3 Å². The molecule has 0 aromatic heterocycles. The summed E-state index contributed by atoms with van der Waals surface area (Å²) in [6, 6.07) is 0. The summed E-state index contributed by atoms with van der Waals surface area (Å²) in [5.74, 6) is 2.53. The molecule has 2 aliphatic carbocycles. The van der Waals surface area contributed by atoms with Crippen molar-refractivity contribution in [3.63, 3.8) is 0 Å². The molecule has 0 heterocycles. The Morgan fingerprint density at radius 3 is 2.25 bits per heavy atom. The van der Waals surface area contributed by atoms with Crippen LogP contribution in [0.4, 0.5) is 0 Å². The third kappa shape index (κ3) is 1.47. The topological polar surface area (TPSA) is 32.6 Å². The fraction of sp³-hybridized carbons (Fsp3) is 0.900. The molecule has 0 amide bonds. The molecule has 1 unspecified atom stereocenters. The summed E-state index contributed by atoms with van der Waals surface area (Å²) < 4.78 is 0. The molecule has 2 rings (SSSR count). The Bertz CT molecular complexity index is 180. The Morgan fingerprint density at radius 2 is 1.75 bits per heavy atom. The summed E-state index contributed by atoms with van der Waals surface area (Å²) in [4.78, 5) is 0. The first-order valence-electron chi connectivity index (χ1n) is 4.97. The van der Waals surface area contributed by atoms with Crippen molar-refractivity contribution in [2.45, 2.75) is 39.0 Å². The van der Waals surface area contributed by atoms with Gasteiger partial charge in [-0.15, -0.1) is 0 Å². The van der Waals surface area contributed by atoms with Crippen molar-refractivity contribution in [2.24, 2.45) is 22.9 Å². The van der Waals surface area contributed by atoms with E-state index in [1.54, 1.807) is 0 Å². The van der Waals surface area contributed by atoms with E-state index >= 15 is 0 Å². The van der Waals surface area contributed by atoms with E-state index in [4.69, 9.17) is 5.21 Å². The summed E-state index contributed by atoms with van der Waals surface area (Å²) in [5.41, 5.74) is 1.04. The molecule has 12 heavy (non-hydrogen) atoms. The molecule has 2 saturated carbocycles. The Balaban J connectivity index is 2.05. The maximum absolute atomic E-state index is 8.70. The van der Waals surface area contributed by atoms with Gasteiger partial charge in [-0.25, -0.2) is 0 Å². The summed E-state index contributed by atoms with van der Waals surface area (Å²) in [5, 5.41) is 12.1. The lowest BCUT2D eigenvalue weighted by Gasteiger charge is -2.37. The maximum atomic E-state index is 8.70. The van der Waals surface area contributed by atoms with Crippen LogP contribution in [0.5, 0.6) is 0 Å². The average Bonchev–Trinajstić information content (AvgIpc) is 2.02. The zero-order chi connectivity index (χ0) is 8.55. The quantitative estimate of drug-likeness (QED) is 0.436. The van der Waals surface area contributed by atoms with Crippen LogP contribution in [0.25, 0.3) is 0 Å². The van der Waals surface area contributed by atoms with Gasteiger partial charge in [0.15, 0.2) is 0 Å². The van der Waals surface area contributed by atoms with Crippen LogP contribution in [0.2, 0.25) is 0 Å². The number of fused-ring (bicyclic) bond motifs is 2.